The van der Waals surface area contributed by atoms with E-state index in [1.165, 1.54) is 6.20 Å². The third-order valence-electron chi connectivity index (χ3n) is 3.84. The second-order valence-electron chi connectivity index (χ2n) is 5.05. The predicted molar refractivity (Wildman–Crippen MR) is 80.0 cm³/mol. The van der Waals surface area contributed by atoms with Crippen LogP contribution in [0, 0.1) is 20.8 Å². The van der Waals surface area contributed by atoms with Crippen molar-refractivity contribution in [3.05, 3.63) is 53.0 Å². The van der Waals surface area contributed by atoms with E-state index in [-0.39, 0.29) is 5.56 Å². The Hall–Kier alpha value is -2.69. The van der Waals surface area contributed by atoms with Gasteiger partial charge in [0.25, 0.3) is 0 Å². The van der Waals surface area contributed by atoms with Crippen LogP contribution in [0.4, 0.5) is 0 Å². The molecular formula is C16H15N3O2. The van der Waals surface area contributed by atoms with Gasteiger partial charge >= 0.3 is 5.97 Å². The minimum Gasteiger partial charge on any atom is -0.478 e. The number of carboxylic acid groups (broad SMARTS) is 1. The van der Waals surface area contributed by atoms with Crippen molar-refractivity contribution in [2.24, 2.45) is 0 Å². The molecule has 1 aromatic carbocycles. The van der Waals surface area contributed by atoms with Crippen LogP contribution in [-0.2, 0) is 0 Å². The molecule has 0 amide bonds. The van der Waals surface area contributed by atoms with Crippen molar-refractivity contribution in [1.82, 2.24) is 14.8 Å². The summed E-state index contributed by atoms with van der Waals surface area (Å²) in [6.07, 6.45) is 1.39. The van der Waals surface area contributed by atoms with E-state index in [0.717, 1.165) is 27.9 Å². The smallest absolute Gasteiger partial charge is 0.339 e. The number of rotatable bonds is 2. The Bertz CT molecular complexity index is 865. The Balaban J connectivity index is 2.46. The third kappa shape index (κ3) is 1.98. The minimum absolute atomic E-state index is 0.152. The first-order valence-corrected chi connectivity index (χ1v) is 6.65. The molecule has 0 aliphatic rings. The molecule has 2 heterocycles. The van der Waals surface area contributed by atoms with Gasteiger partial charge in [0.15, 0.2) is 0 Å². The first-order valence-electron chi connectivity index (χ1n) is 6.65. The van der Waals surface area contributed by atoms with Gasteiger partial charge in [-0.2, -0.15) is 5.10 Å². The highest BCUT2D eigenvalue weighted by molar-refractivity contribution is 6.00. The van der Waals surface area contributed by atoms with Crippen molar-refractivity contribution in [1.29, 1.82) is 0 Å². The maximum absolute atomic E-state index is 11.6. The number of aromatic nitrogens is 3. The number of carbonyl (C=O) groups is 1. The second-order valence-corrected chi connectivity index (χ2v) is 5.05. The van der Waals surface area contributed by atoms with Crippen molar-refractivity contribution < 1.29 is 9.90 Å². The van der Waals surface area contributed by atoms with Crippen LogP contribution in [0.15, 0.2) is 30.5 Å². The zero-order chi connectivity index (χ0) is 15.1. The summed E-state index contributed by atoms with van der Waals surface area (Å²) >= 11 is 0. The van der Waals surface area contributed by atoms with Crippen molar-refractivity contribution in [2.45, 2.75) is 20.8 Å². The predicted octanol–water partition coefficient (Wildman–Crippen LogP) is 3.04. The number of fused-ring (bicyclic) bond motifs is 1. The number of para-hydroxylation sites is 1. The number of nitrogens with zero attached hydrogens (tertiary/aromatic N) is 3. The lowest BCUT2D eigenvalue weighted by Gasteiger charge is -2.11. The van der Waals surface area contributed by atoms with Gasteiger partial charge in [0.2, 0.25) is 0 Å². The van der Waals surface area contributed by atoms with Crippen molar-refractivity contribution in [3.8, 4) is 5.69 Å². The number of hydrogen-bond donors (Lipinski definition) is 1. The standard InChI is InChI=1S/C16H15N3O2/c1-9-10(2)18-19(11(9)3)15-12-6-4-5-7-14(12)17-8-13(15)16(20)21/h4-8H,1-3H3,(H,20,21). The fraction of sp³-hybridized carbons (Fsp3) is 0.188. The summed E-state index contributed by atoms with van der Waals surface area (Å²) in [5, 5.41) is 14.8. The summed E-state index contributed by atoms with van der Waals surface area (Å²) in [5.74, 6) is -1.01. The van der Waals surface area contributed by atoms with E-state index in [1.54, 1.807) is 4.68 Å². The molecule has 0 radical (unpaired) electrons. The normalized spacial score (nSPS) is 11.0. The van der Waals surface area contributed by atoms with Gasteiger partial charge in [-0.1, -0.05) is 18.2 Å². The van der Waals surface area contributed by atoms with Crippen molar-refractivity contribution >= 4 is 16.9 Å². The number of benzene rings is 1. The summed E-state index contributed by atoms with van der Waals surface area (Å²) in [6, 6.07) is 7.49. The minimum atomic E-state index is -1.01. The molecule has 0 aliphatic heterocycles. The summed E-state index contributed by atoms with van der Waals surface area (Å²) < 4.78 is 1.71. The average molecular weight is 281 g/mol. The van der Waals surface area contributed by atoms with E-state index in [0.29, 0.717) is 5.69 Å². The topological polar surface area (TPSA) is 68.0 Å². The van der Waals surface area contributed by atoms with Gasteiger partial charge in [0.05, 0.1) is 16.9 Å². The van der Waals surface area contributed by atoms with Crippen molar-refractivity contribution in [3.63, 3.8) is 0 Å². The van der Waals surface area contributed by atoms with Gasteiger partial charge < -0.3 is 5.11 Å². The molecule has 0 saturated carbocycles. The van der Waals surface area contributed by atoms with E-state index >= 15 is 0 Å². The second kappa shape index (κ2) is 4.70. The fourth-order valence-corrected chi connectivity index (χ4v) is 2.45. The number of hydrogen-bond acceptors (Lipinski definition) is 3. The monoisotopic (exact) mass is 281 g/mol. The van der Waals surface area contributed by atoms with E-state index in [4.69, 9.17) is 0 Å². The lowest BCUT2D eigenvalue weighted by Crippen LogP contribution is -2.09. The van der Waals surface area contributed by atoms with Crippen LogP contribution in [0.2, 0.25) is 0 Å². The molecule has 0 bridgehead atoms. The summed E-state index contributed by atoms with van der Waals surface area (Å²) in [4.78, 5) is 15.8. The van der Waals surface area contributed by atoms with Crippen LogP contribution in [-0.4, -0.2) is 25.8 Å². The van der Waals surface area contributed by atoms with Gasteiger partial charge in [-0.05, 0) is 32.4 Å². The zero-order valence-corrected chi connectivity index (χ0v) is 12.1. The molecule has 0 saturated heterocycles. The molecule has 106 valence electrons. The Morgan fingerprint density at radius 2 is 1.90 bits per heavy atom. The van der Waals surface area contributed by atoms with Gasteiger partial charge in [-0.15, -0.1) is 0 Å². The van der Waals surface area contributed by atoms with Gasteiger partial charge in [0.1, 0.15) is 5.56 Å². The quantitative estimate of drug-likeness (QED) is 0.784. The molecule has 0 atom stereocenters. The maximum Gasteiger partial charge on any atom is 0.339 e. The van der Waals surface area contributed by atoms with E-state index in [2.05, 4.69) is 10.1 Å². The van der Waals surface area contributed by atoms with E-state index in [1.807, 2.05) is 45.0 Å². The van der Waals surface area contributed by atoms with Gasteiger partial charge in [-0.3, -0.25) is 4.98 Å². The van der Waals surface area contributed by atoms with E-state index in [9.17, 15) is 9.90 Å². The number of aromatic carboxylic acids is 1. The summed E-state index contributed by atoms with van der Waals surface area (Å²) in [5.41, 5.74) is 4.37. The van der Waals surface area contributed by atoms with Crippen molar-refractivity contribution in [2.75, 3.05) is 0 Å². The Morgan fingerprint density at radius 3 is 2.52 bits per heavy atom. The van der Waals surface area contributed by atoms with Crippen LogP contribution < -0.4 is 0 Å². The van der Waals surface area contributed by atoms with E-state index < -0.39 is 5.97 Å². The Morgan fingerprint density at radius 1 is 1.19 bits per heavy atom. The van der Waals surface area contributed by atoms with Gasteiger partial charge in [-0.25, -0.2) is 9.48 Å². The highest BCUT2D eigenvalue weighted by Crippen LogP contribution is 2.27. The molecular weight excluding hydrogens is 266 g/mol. The summed E-state index contributed by atoms with van der Waals surface area (Å²) in [7, 11) is 0. The Labute approximate surface area is 121 Å². The first kappa shape index (κ1) is 13.3. The fourth-order valence-electron chi connectivity index (χ4n) is 2.45. The van der Waals surface area contributed by atoms with Crippen LogP contribution in [0.1, 0.15) is 27.3 Å². The lowest BCUT2D eigenvalue weighted by molar-refractivity contribution is 0.0696. The number of carboxylic acids is 1. The molecule has 0 fully saturated rings. The maximum atomic E-state index is 11.6. The average Bonchev–Trinajstić information content (AvgIpc) is 2.73. The first-order chi connectivity index (χ1) is 10.0. The molecule has 2 aromatic heterocycles. The highest BCUT2D eigenvalue weighted by atomic mass is 16.4. The van der Waals surface area contributed by atoms with Crippen LogP contribution in [0.3, 0.4) is 0 Å². The third-order valence-corrected chi connectivity index (χ3v) is 3.84. The number of pyridine rings is 1. The molecule has 0 spiro atoms. The lowest BCUT2D eigenvalue weighted by atomic mass is 10.1. The summed E-state index contributed by atoms with van der Waals surface area (Å²) in [6.45, 7) is 5.84. The Kier molecular flexibility index (Phi) is 2.97. The largest absolute Gasteiger partial charge is 0.478 e. The molecule has 3 rings (SSSR count). The van der Waals surface area contributed by atoms with Crippen LogP contribution >= 0.6 is 0 Å². The van der Waals surface area contributed by atoms with Crippen LogP contribution in [0.5, 0.6) is 0 Å². The zero-order valence-electron chi connectivity index (χ0n) is 12.1. The molecule has 0 aliphatic carbocycles. The molecule has 21 heavy (non-hydrogen) atoms. The van der Waals surface area contributed by atoms with Gasteiger partial charge in [0, 0.05) is 17.3 Å². The SMILES string of the molecule is Cc1nn(-c2c(C(=O)O)cnc3ccccc23)c(C)c1C. The number of aryl methyl sites for hydroxylation is 1. The molecule has 3 aromatic rings. The molecule has 5 heteroatoms. The highest BCUT2D eigenvalue weighted by Gasteiger charge is 2.19. The van der Waals surface area contributed by atoms with Crippen LogP contribution in [0.25, 0.3) is 16.6 Å². The molecule has 0 unspecified atom stereocenters. The molecule has 5 nitrogen and oxygen atoms in total. The molecule has 1 N–H and O–H groups in total.